The molecule has 1 amide bonds. The lowest BCUT2D eigenvalue weighted by Gasteiger charge is -2.29. The van der Waals surface area contributed by atoms with E-state index in [0.717, 1.165) is 16.9 Å². The number of aromatic nitrogens is 1. The lowest BCUT2D eigenvalue weighted by atomic mass is 9.97. The zero-order valence-electron chi connectivity index (χ0n) is 17.9. The first-order chi connectivity index (χ1) is 15.8. The molecule has 8 nitrogen and oxygen atoms in total. The van der Waals surface area contributed by atoms with Crippen molar-refractivity contribution in [2.24, 2.45) is 5.92 Å². The lowest BCUT2D eigenvalue weighted by Crippen LogP contribution is -2.41. The third kappa shape index (κ3) is 5.17. The largest absolute Gasteiger partial charge is 0.497 e. The number of anilines is 1. The number of nitrogens with zero attached hydrogens (tertiary/aromatic N) is 2. The van der Waals surface area contributed by atoms with Crippen LogP contribution in [0.15, 0.2) is 39.9 Å². The van der Waals surface area contributed by atoms with Gasteiger partial charge in [0.05, 0.1) is 24.2 Å². The van der Waals surface area contributed by atoms with Crippen LogP contribution in [0.4, 0.5) is 5.13 Å². The normalized spacial score (nSPS) is 15.4. The van der Waals surface area contributed by atoms with E-state index in [4.69, 9.17) is 21.1 Å². The highest BCUT2D eigenvalue weighted by atomic mass is 35.5. The van der Waals surface area contributed by atoms with Gasteiger partial charge in [0.25, 0.3) is 10.0 Å². The molecule has 3 aromatic rings. The van der Waals surface area contributed by atoms with Crippen molar-refractivity contribution in [1.29, 1.82) is 0 Å². The molecule has 1 saturated heterocycles. The Labute approximate surface area is 205 Å². The van der Waals surface area contributed by atoms with E-state index < -0.39 is 10.0 Å². The van der Waals surface area contributed by atoms with Crippen molar-refractivity contribution in [2.75, 3.05) is 32.6 Å². The van der Waals surface area contributed by atoms with Crippen LogP contribution in [0.25, 0.3) is 11.3 Å². The van der Waals surface area contributed by atoms with Gasteiger partial charge < -0.3 is 14.8 Å². The highest BCUT2D eigenvalue weighted by Crippen LogP contribution is 2.35. The predicted molar refractivity (Wildman–Crippen MR) is 130 cm³/mol. The van der Waals surface area contributed by atoms with E-state index in [0.29, 0.717) is 39.5 Å². The van der Waals surface area contributed by atoms with Crippen LogP contribution in [0.3, 0.4) is 0 Å². The smallest absolute Gasteiger partial charge is 0.252 e. The summed E-state index contributed by atoms with van der Waals surface area (Å²) >= 11 is 8.24. The number of piperidine rings is 1. The van der Waals surface area contributed by atoms with Crippen molar-refractivity contribution in [3.05, 3.63) is 40.0 Å². The fraction of sp³-hybridized carbons (Fsp3) is 0.333. The van der Waals surface area contributed by atoms with Gasteiger partial charge in [0.15, 0.2) is 5.13 Å². The monoisotopic (exact) mass is 527 g/mol. The van der Waals surface area contributed by atoms with Crippen LogP contribution in [0.1, 0.15) is 12.8 Å². The van der Waals surface area contributed by atoms with E-state index in [2.05, 4.69) is 10.3 Å². The molecule has 1 N–H and O–H groups in total. The SMILES string of the molecule is COc1ccc(OC)c(-c2csc(NC(=O)C3CCN(S(=O)(=O)c4ccc(Cl)s4)CC3)n2)c1. The van der Waals surface area contributed by atoms with Gasteiger partial charge in [0.1, 0.15) is 15.7 Å². The van der Waals surface area contributed by atoms with Crippen LogP contribution in [-0.2, 0) is 14.8 Å². The van der Waals surface area contributed by atoms with E-state index in [1.807, 2.05) is 11.4 Å². The molecule has 33 heavy (non-hydrogen) atoms. The molecule has 1 fully saturated rings. The second-order valence-electron chi connectivity index (χ2n) is 7.33. The number of carbonyl (C=O) groups is 1. The molecule has 2 aromatic heterocycles. The standard InChI is InChI=1S/C21H22ClN3O5S3/c1-29-14-3-4-17(30-2)15(11-14)16-12-31-21(23-16)24-20(26)13-7-9-25(10-8-13)33(27,28)19-6-5-18(22)32-19/h3-6,11-13H,7-10H2,1-2H3,(H,23,24,26). The maximum Gasteiger partial charge on any atom is 0.252 e. The van der Waals surface area contributed by atoms with Gasteiger partial charge in [-0.3, -0.25) is 4.79 Å². The average Bonchev–Trinajstić information content (AvgIpc) is 3.48. The fourth-order valence-electron chi connectivity index (χ4n) is 3.60. The molecule has 3 heterocycles. The van der Waals surface area contributed by atoms with E-state index in [1.54, 1.807) is 32.4 Å². The summed E-state index contributed by atoms with van der Waals surface area (Å²) < 4.78 is 38.3. The fourth-order valence-corrected chi connectivity index (χ4v) is 7.42. The average molecular weight is 528 g/mol. The maximum atomic E-state index is 12.8. The lowest BCUT2D eigenvalue weighted by molar-refractivity contribution is -0.120. The second kappa shape index (κ2) is 9.98. The second-order valence-corrected chi connectivity index (χ2v) is 12.1. The van der Waals surface area contributed by atoms with Crippen molar-refractivity contribution < 1.29 is 22.7 Å². The van der Waals surface area contributed by atoms with Gasteiger partial charge in [0.2, 0.25) is 5.91 Å². The Kier molecular flexibility index (Phi) is 7.25. The Balaban J connectivity index is 1.39. The van der Waals surface area contributed by atoms with Crippen molar-refractivity contribution in [3.63, 3.8) is 0 Å². The number of hydrogen-bond acceptors (Lipinski definition) is 8. The van der Waals surface area contributed by atoms with Crippen molar-refractivity contribution in [2.45, 2.75) is 17.1 Å². The number of sulfonamides is 1. The third-order valence-corrected chi connectivity index (χ3v) is 9.74. The zero-order chi connectivity index (χ0) is 23.6. The van der Waals surface area contributed by atoms with Crippen LogP contribution in [0.2, 0.25) is 4.34 Å². The number of carbonyl (C=O) groups excluding carboxylic acids is 1. The van der Waals surface area contributed by atoms with Crippen molar-refractivity contribution >= 4 is 55.3 Å². The molecule has 12 heteroatoms. The van der Waals surface area contributed by atoms with Crippen LogP contribution < -0.4 is 14.8 Å². The number of halogens is 1. The molecular weight excluding hydrogens is 506 g/mol. The number of hydrogen-bond donors (Lipinski definition) is 1. The summed E-state index contributed by atoms with van der Waals surface area (Å²) in [6, 6.07) is 8.52. The summed E-state index contributed by atoms with van der Waals surface area (Å²) in [6.07, 6.45) is 0.873. The molecule has 1 aliphatic heterocycles. The van der Waals surface area contributed by atoms with E-state index in [9.17, 15) is 13.2 Å². The first-order valence-corrected chi connectivity index (χ1v) is 13.6. The summed E-state index contributed by atoms with van der Waals surface area (Å²) in [7, 11) is -0.415. The molecular formula is C21H22ClN3O5S3. The third-order valence-electron chi connectivity index (χ3n) is 5.38. The minimum Gasteiger partial charge on any atom is -0.497 e. The molecule has 0 saturated carbocycles. The summed E-state index contributed by atoms with van der Waals surface area (Å²) in [5.74, 6) is 0.877. The number of thiophene rings is 1. The maximum absolute atomic E-state index is 12.8. The summed E-state index contributed by atoms with van der Waals surface area (Å²) in [5, 5.41) is 5.19. The molecule has 0 spiro atoms. The van der Waals surface area contributed by atoms with E-state index in [-0.39, 0.29) is 29.1 Å². The number of thiazole rings is 1. The molecule has 1 aliphatic rings. The predicted octanol–water partition coefficient (Wildman–Crippen LogP) is 4.58. The van der Waals surface area contributed by atoms with Gasteiger partial charge >= 0.3 is 0 Å². The molecule has 1 aromatic carbocycles. The Morgan fingerprint density at radius 2 is 1.94 bits per heavy atom. The van der Waals surface area contributed by atoms with E-state index >= 15 is 0 Å². The highest BCUT2D eigenvalue weighted by molar-refractivity contribution is 7.91. The first kappa shape index (κ1) is 24.0. The Hall–Kier alpha value is -2.18. The Morgan fingerprint density at radius 3 is 2.58 bits per heavy atom. The van der Waals surface area contributed by atoms with Crippen molar-refractivity contribution in [3.8, 4) is 22.8 Å². The number of methoxy groups -OCH3 is 2. The van der Waals surface area contributed by atoms with Crippen LogP contribution in [0.5, 0.6) is 11.5 Å². The number of rotatable bonds is 7. The zero-order valence-corrected chi connectivity index (χ0v) is 21.1. The number of nitrogens with one attached hydrogen (secondary N) is 1. The van der Waals surface area contributed by atoms with Gasteiger partial charge in [-0.25, -0.2) is 13.4 Å². The molecule has 0 aliphatic carbocycles. The Bertz CT molecular complexity index is 1250. The topological polar surface area (TPSA) is 97.8 Å². The van der Waals surface area contributed by atoms with Crippen LogP contribution in [0, 0.1) is 5.92 Å². The first-order valence-electron chi connectivity index (χ1n) is 10.1. The molecule has 176 valence electrons. The van der Waals surface area contributed by atoms with Gasteiger partial charge in [-0.1, -0.05) is 11.6 Å². The highest BCUT2D eigenvalue weighted by Gasteiger charge is 2.33. The van der Waals surface area contributed by atoms with Gasteiger partial charge in [-0.15, -0.1) is 22.7 Å². The summed E-state index contributed by atoms with van der Waals surface area (Å²) in [6.45, 7) is 0.556. The molecule has 0 bridgehead atoms. The van der Waals surface area contributed by atoms with Crippen LogP contribution in [-0.4, -0.2) is 50.9 Å². The number of benzene rings is 1. The molecule has 0 unspecified atom stereocenters. The molecule has 0 radical (unpaired) electrons. The minimum atomic E-state index is -3.59. The summed E-state index contributed by atoms with van der Waals surface area (Å²) in [5.41, 5.74) is 1.43. The number of ether oxygens (including phenoxy) is 2. The number of amides is 1. The quantitative estimate of drug-likeness (QED) is 0.483. The molecule has 0 atom stereocenters. The van der Waals surface area contributed by atoms with Gasteiger partial charge in [-0.2, -0.15) is 4.31 Å². The Morgan fingerprint density at radius 1 is 1.18 bits per heavy atom. The van der Waals surface area contributed by atoms with E-state index in [1.165, 1.54) is 21.7 Å². The van der Waals surface area contributed by atoms with Crippen LogP contribution >= 0.6 is 34.3 Å². The molecule has 4 rings (SSSR count). The van der Waals surface area contributed by atoms with Gasteiger partial charge in [0, 0.05) is 30.0 Å². The summed E-state index contributed by atoms with van der Waals surface area (Å²) in [4.78, 5) is 17.3. The van der Waals surface area contributed by atoms with Gasteiger partial charge in [-0.05, 0) is 43.2 Å². The minimum absolute atomic E-state index is 0.162. The van der Waals surface area contributed by atoms with Crippen molar-refractivity contribution in [1.82, 2.24) is 9.29 Å².